The van der Waals surface area contributed by atoms with Crippen LogP contribution in [0.3, 0.4) is 0 Å². The molecule has 0 unspecified atom stereocenters. The quantitative estimate of drug-likeness (QED) is 0.452. The van der Waals surface area contributed by atoms with Crippen molar-refractivity contribution in [1.29, 1.82) is 0 Å². The Morgan fingerprint density at radius 3 is 2.56 bits per heavy atom. The zero-order chi connectivity index (χ0) is 25.7. The molecule has 2 aromatic heterocycles. The summed E-state index contributed by atoms with van der Waals surface area (Å²) in [5.74, 6) is 1.43. The Labute approximate surface area is 213 Å². The number of rotatable bonds is 9. The molecule has 1 aromatic carbocycles. The van der Waals surface area contributed by atoms with Gasteiger partial charge in [0.25, 0.3) is 5.91 Å². The Bertz CT molecular complexity index is 1150. The molecule has 8 heteroatoms. The van der Waals surface area contributed by atoms with E-state index >= 15 is 0 Å². The third-order valence-electron chi connectivity index (χ3n) is 7.20. The molecule has 36 heavy (non-hydrogen) atoms. The van der Waals surface area contributed by atoms with Gasteiger partial charge in [-0.15, -0.1) is 0 Å². The first kappa shape index (κ1) is 25.7. The molecular formula is C28H37N5O3. The average molecular weight is 492 g/mol. The molecule has 1 atom stereocenters. The van der Waals surface area contributed by atoms with Gasteiger partial charge in [0.15, 0.2) is 5.69 Å². The lowest BCUT2D eigenvalue weighted by Gasteiger charge is -2.40. The van der Waals surface area contributed by atoms with Crippen molar-refractivity contribution in [2.45, 2.75) is 59.0 Å². The number of carbonyl (C=O) groups is 2. The van der Waals surface area contributed by atoms with Crippen molar-refractivity contribution in [3.05, 3.63) is 71.4 Å². The van der Waals surface area contributed by atoms with Crippen LogP contribution in [-0.2, 0) is 24.2 Å². The van der Waals surface area contributed by atoms with Crippen LogP contribution in [0.1, 0.15) is 54.1 Å². The minimum absolute atomic E-state index is 0.0380. The van der Waals surface area contributed by atoms with Crippen molar-refractivity contribution in [2.75, 3.05) is 20.1 Å². The second kappa shape index (κ2) is 11.5. The number of likely N-dealkylation sites (tertiary alicyclic amines) is 1. The molecule has 1 saturated heterocycles. The minimum atomic E-state index is -0.0780. The molecule has 0 aliphatic carbocycles. The van der Waals surface area contributed by atoms with Crippen LogP contribution in [0.4, 0.5) is 0 Å². The molecule has 8 nitrogen and oxygen atoms in total. The van der Waals surface area contributed by atoms with E-state index in [2.05, 4.69) is 49.2 Å². The van der Waals surface area contributed by atoms with E-state index in [0.717, 1.165) is 31.4 Å². The summed E-state index contributed by atoms with van der Waals surface area (Å²) in [5, 5.41) is 8.22. The predicted octanol–water partition coefficient (Wildman–Crippen LogP) is 4.00. The van der Waals surface area contributed by atoms with Gasteiger partial charge in [-0.05, 0) is 55.2 Å². The molecule has 0 saturated carbocycles. The van der Waals surface area contributed by atoms with Gasteiger partial charge in [-0.25, -0.2) is 0 Å². The number of piperidine rings is 1. The summed E-state index contributed by atoms with van der Waals surface area (Å²) >= 11 is 0. The second-order valence-corrected chi connectivity index (χ2v) is 10.3. The first-order valence-electron chi connectivity index (χ1n) is 12.8. The van der Waals surface area contributed by atoms with Gasteiger partial charge in [0.1, 0.15) is 12.3 Å². The van der Waals surface area contributed by atoms with Gasteiger partial charge >= 0.3 is 0 Å². The smallest absolute Gasteiger partial charge is 0.276 e. The second-order valence-electron chi connectivity index (χ2n) is 10.3. The van der Waals surface area contributed by atoms with Crippen molar-refractivity contribution < 1.29 is 14.1 Å². The van der Waals surface area contributed by atoms with E-state index in [0.29, 0.717) is 24.7 Å². The third kappa shape index (κ3) is 6.22. The lowest BCUT2D eigenvalue weighted by Crippen LogP contribution is -2.49. The van der Waals surface area contributed by atoms with E-state index in [9.17, 15) is 9.59 Å². The number of aromatic nitrogens is 3. The molecule has 0 radical (unpaired) electrons. The molecule has 0 spiro atoms. The lowest BCUT2D eigenvalue weighted by atomic mass is 9.84. The lowest BCUT2D eigenvalue weighted by molar-refractivity contribution is -0.134. The third-order valence-corrected chi connectivity index (χ3v) is 7.20. The summed E-state index contributed by atoms with van der Waals surface area (Å²) < 4.78 is 7.04. The van der Waals surface area contributed by atoms with Crippen molar-refractivity contribution in [2.24, 2.45) is 11.8 Å². The Kier molecular flexibility index (Phi) is 8.23. The predicted molar refractivity (Wildman–Crippen MR) is 137 cm³/mol. The van der Waals surface area contributed by atoms with Gasteiger partial charge < -0.3 is 14.3 Å². The molecular weight excluding hydrogens is 454 g/mol. The van der Waals surface area contributed by atoms with Crippen LogP contribution in [0.25, 0.3) is 0 Å². The van der Waals surface area contributed by atoms with Crippen LogP contribution in [-0.4, -0.2) is 62.7 Å². The van der Waals surface area contributed by atoms with Crippen molar-refractivity contribution in [1.82, 2.24) is 24.7 Å². The van der Waals surface area contributed by atoms with Gasteiger partial charge in [0.2, 0.25) is 5.91 Å². The molecule has 2 amide bonds. The fourth-order valence-electron chi connectivity index (χ4n) is 5.07. The fraction of sp³-hybridized carbons (Fsp3) is 0.500. The number of hydrogen-bond donors (Lipinski definition) is 0. The minimum Gasteiger partial charge on any atom is -0.361 e. The molecule has 3 aromatic rings. The molecule has 0 N–H and O–H groups in total. The van der Waals surface area contributed by atoms with E-state index in [1.165, 1.54) is 11.1 Å². The molecule has 4 rings (SSSR count). The first-order valence-corrected chi connectivity index (χ1v) is 12.8. The highest BCUT2D eigenvalue weighted by molar-refractivity contribution is 5.92. The SMILES string of the molecule is Cc1ccccc1C[C@@H](C1CCN(C(=O)c2cc(CC(C)C)on2)CC1)N(C)C(=O)Cn1cccn1. The summed E-state index contributed by atoms with van der Waals surface area (Å²) in [7, 11) is 1.90. The molecule has 3 heterocycles. The summed E-state index contributed by atoms with van der Waals surface area (Å²) in [6.07, 6.45) is 6.71. The zero-order valence-corrected chi connectivity index (χ0v) is 21.8. The summed E-state index contributed by atoms with van der Waals surface area (Å²) in [4.78, 5) is 30.0. The van der Waals surface area contributed by atoms with E-state index in [-0.39, 0.29) is 30.3 Å². The highest BCUT2D eigenvalue weighted by Gasteiger charge is 2.34. The average Bonchev–Trinajstić information content (AvgIpc) is 3.55. The van der Waals surface area contributed by atoms with Gasteiger partial charge in [0.05, 0.1) is 0 Å². The Hall–Kier alpha value is -3.42. The zero-order valence-electron chi connectivity index (χ0n) is 21.8. The highest BCUT2D eigenvalue weighted by Crippen LogP contribution is 2.28. The van der Waals surface area contributed by atoms with Crippen LogP contribution in [0.2, 0.25) is 0 Å². The number of nitrogens with zero attached hydrogens (tertiary/aromatic N) is 5. The largest absolute Gasteiger partial charge is 0.361 e. The van der Waals surface area contributed by atoms with Crippen LogP contribution in [0.5, 0.6) is 0 Å². The molecule has 192 valence electrons. The van der Waals surface area contributed by atoms with E-state index in [1.54, 1.807) is 16.9 Å². The van der Waals surface area contributed by atoms with E-state index in [4.69, 9.17) is 4.52 Å². The van der Waals surface area contributed by atoms with Gasteiger partial charge in [-0.2, -0.15) is 5.10 Å². The number of amides is 2. The van der Waals surface area contributed by atoms with Crippen molar-refractivity contribution in [3.63, 3.8) is 0 Å². The first-order chi connectivity index (χ1) is 17.3. The maximum atomic E-state index is 13.2. The van der Waals surface area contributed by atoms with Gasteiger partial charge in [-0.3, -0.25) is 14.3 Å². The number of carbonyl (C=O) groups excluding carboxylic acids is 2. The van der Waals surface area contributed by atoms with Crippen molar-refractivity contribution in [3.8, 4) is 0 Å². The number of hydrogen-bond acceptors (Lipinski definition) is 5. The Balaban J connectivity index is 1.44. The normalized spacial score (nSPS) is 15.3. The van der Waals surface area contributed by atoms with Gasteiger partial charge in [-0.1, -0.05) is 43.3 Å². The Morgan fingerprint density at radius 2 is 1.89 bits per heavy atom. The number of aryl methyl sites for hydroxylation is 1. The van der Waals surface area contributed by atoms with Crippen LogP contribution >= 0.6 is 0 Å². The Morgan fingerprint density at radius 1 is 1.14 bits per heavy atom. The van der Waals surface area contributed by atoms with Crippen molar-refractivity contribution >= 4 is 11.8 Å². The molecule has 1 fully saturated rings. The molecule has 0 bridgehead atoms. The molecule has 1 aliphatic heterocycles. The van der Waals surface area contributed by atoms with E-state index in [1.807, 2.05) is 35.2 Å². The monoisotopic (exact) mass is 491 g/mol. The van der Waals surface area contributed by atoms with E-state index < -0.39 is 0 Å². The maximum absolute atomic E-state index is 13.2. The summed E-state index contributed by atoms with van der Waals surface area (Å²) in [6.45, 7) is 7.83. The highest BCUT2D eigenvalue weighted by atomic mass is 16.5. The molecule has 1 aliphatic rings. The standard InChI is InChI=1S/C28H37N5O3/c1-20(2)16-24-18-25(30-36-24)28(35)32-14-10-22(11-15-32)26(17-23-9-6-5-8-21(23)3)31(4)27(34)19-33-13-7-12-29-33/h5-9,12-13,18,20,22,26H,10-11,14-17,19H2,1-4H3/t26-/m0/s1. The number of benzene rings is 1. The summed E-state index contributed by atoms with van der Waals surface area (Å²) in [5.41, 5.74) is 2.86. The topological polar surface area (TPSA) is 84.5 Å². The summed E-state index contributed by atoms with van der Waals surface area (Å²) in [6, 6.07) is 12.0. The number of likely N-dealkylation sites (N-methyl/N-ethyl adjacent to an activating group) is 1. The maximum Gasteiger partial charge on any atom is 0.276 e. The van der Waals surface area contributed by atoms with Crippen LogP contribution < -0.4 is 0 Å². The van der Waals surface area contributed by atoms with Crippen LogP contribution in [0.15, 0.2) is 53.3 Å². The fourth-order valence-corrected chi connectivity index (χ4v) is 5.07. The van der Waals surface area contributed by atoms with Crippen LogP contribution in [0, 0.1) is 18.8 Å². The van der Waals surface area contributed by atoms with Gasteiger partial charge in [0, 0.05) is 51.1 Å².